The Morgan fingerprint density at radius 1 is 1.13 bits per heavy atom. The van der Waals surface area contributed by atoms with Crippen LogP contribution in [0.5, 0.6) is 0 Å². The fourth-order valence-electron chi connectivity index (χ4n) is 2.47. The number of carboxylic acids is 1. The Hall–Kier alpha value is -2.87. The monoisotopic (exact) mass is 310 g/mol. The topological polar surface area (TPSA) is 90.2 Å². The molecule has 0 fully saturated rings. The van der Waals surface area contributed by atoms with E-state index in [2.05, 4.69) is 5.32 Å². The van der Waals surface area contributed by atoms with Gasteiger partial charge in [-0.2, -0.15) is 5.26 Å². The lowest BCUT2D eigenvalue weighted by molar-refractivity contribution is -0.139. The first-order chi connectivity index (χ1) is 11.1. The molecular formula is C18H18N2O3. The van der Waals surface area contributed by atoms with Gasteiger partial charge in [0.15, 0.2) is 0 Å². The van der Waals surface area contributed by atoms with Gasteiger partial charge in [-0.3, -0.25) is 4.79 Å². The molecule has 0 unspecified atom stereocenters. The summed E-state index contributed by atoms with van der Waals surface area (Å²) in [6, 6.07) is 13.9. The maximum atomic E-state index is 12.4. The number of carbonyl (C=O) groups excluding carboxylic acids is 1. The largest absolute Gasteiger partial charge is 0.480 e. The van der Waals surface area contributed by atoms with Crippen LogP contribution in [0, 0.1) is 11.3 Å². The minimum absolute atomic E-state index is 0.313. The minimum Gasteiger partial charge on any atom is -0.480 e. The molecule has 0 aliphatic carbocycles. The number of amides is 1. The molecule has 0 bridgehead atoms. The van der Waals surface area contributed by atoms with E-state index in [0.29, 0.717) is 31.2 Å². The summed E-state index contributed by atoms with van der Waals surface area (Å²) < 4.78 is 0. The molecule has 23 heavy (non-hydrogen) atoms. The van der Waals surface area contributed by atoms with Crippen LogP contribution in [-0.4, -0.2) is 23.0 Å². The highest BCUT2D eigenvalue weighted by atomic mass is 16.4. The van der Waals surface area contributed by atoms with Gasteiger partial charge >= 0.3 is 5.97 Å². The SMILES string of the molecule is N#CCCCC[C@@H](NC(=O)c1cccc2ccccc12)C(=O)O. The van der Waals surface area contributed by atoms with Crippen LogP contribution >= 0.6 is 0 Å². The molecule has 0 saturated heterocycles. The van der Waals surface area contributed by atoms with E-state index in [1.807, 2.05) is 36.4 Å². The molecule has 0 saturated carbocycles. The zero-order chi connectivity index (χ0) is 16.7. The van der Waals surface area contributed by atoms with Gasteiger partial charge in [0.25, 0.3) is 5.91 Å². The van der Waals surface area contributed by atoms with Crippen molar-refractivity contribution >= 4 is 22.6 Å². The van der Waals surface area contributed by atoms with E-state index in [9.17, 15) is 14.7 Å². The highest BCUT2D eigenvalue weighted by Gasteiger charge is 2.21. The number of nitriles is 1. The van der Waals surface area contributed by atoms with Crippen LogP contribution in [0.2, 0.25) is 0 Å². The van der Waals surface area contributed by atoms with Crippen LogP contribution < -0.4 is 5.32 Å². The molecule has 0 radical (unpaired) electrons. The molecule has 1 atom stereocenters. The third-order valence-electron chi connectivity index (χ3n) is 3.67. The Bertz CT molecular complexity index is 744. The second-order valence-electron chi connectivity index (χ2n) is 5.29. The molecule has 0 aromatic heterocycles. The number of hydrogen-bond donors (Lipinski definition) is 2. The Balaban J connectivity index is 2.11. The summed E-state index contributed by atoms with van der Waals surface area (Å²) in [5.74, 6) is -1.45. The van der Waals surface area contributed by atoms with Crippen molar-refractivity contribution in [2.45, 2.75) is 31.7 Å². The summed E-state index contributed by atoms with van der Waals surface area (Å²) in [6.07, 6.45) is 1.92. The van der Waals surface area contributed by atoms with Crippen molar-refractivity contribution in [3.8, 4) is 6.07 Å². The first kappa shape index (κ1) is 16.5. The lowest BCUT2D eigenvalue weighted by atomic mass is 10.0. The predicted molar refractivity (Wildman–Crippen MR) is 86.9 cm³/mol. The average Bonchev–Trinajstić information content (AvgIpc) is 2.56. The lowest BCUT2D eigenvalue weighted by Crippen LogP contribution is -2.40. The van der Waals surface area contributed by atoms with Crippen molar-refractivity contribution in [3.05, 3.63) is 48.0 Å². The Morgan fingerprint density at radius 2 is 1.87 bits per heavy atom. The minimum atomic E-state index is -1.06. The highest BCUT2D eigenvalue weighted by Crippen LogP contribution is 2.18. The Morgan fingerprint density at radius 3 is 2.61 bits per heavy atom. The van der Waals surface area contributed by atoms with Gasteiger partial charge in [0.2, 0.25) is 0 Å². The summed E-state index contributed by atoms with van der Waals surface area (Å²) in [6.45, 7) is 0. The van der Waals surface area contributed by atoms with E-state index in [4.69, 9.17) is 5.26 Å². The lowest BCUT2D eigenvalue weighted by Gasteiger charge is -2.15. The molecule has 2 rings (SSSR count). The second kappa shape index (κ2) is 7.95. The van der Waals surface area contributed by atoms with Crippen LogP contribution in [0.3, 0.4) is 0 Å². The number of carboxylic acid groups (broad SMARTS) is 1. The first-order valence-corrected chi connectivity index (χ1v) is 7.52. The van der Waals surface area contributed by atoms with E-state index in [-0.39, 0.29) is 0 Å². The van der Waals surface area contributed by atoms with Crippen molar-refractivity contribution in [3.63, 3.8) is 0 Å². The number of benzene rings is 2. The number of nitrogens with one attached hydrogen (secondary N) is 1. The van der Waals surface area contributed by atoms with E-state index in [0.717, 1.165) is 10.8 Å². The zero-order valence-corrected chi connectivity index (χ0v) is 12.7. The van der Waals surface area contributed by atoms with E-state index >= 15 is 0 Å². The molecule has 118 valence electrons. The highest BCUT2D eigenvalue weighted by molar-refractivity contribution is 6.07. The molecule has 2 aromatic carbocycles. The molecule has 0 spiro atoms. The molecule has 1 amide bonds. The van der Waals surface area contributed by atoms with Gasteiger partial charge < -0.3 is 10.4 Å². The maximum absolute atomic E-state index is 12.4. The van der Waals surface area contributed by atoms with Crippen LogP contribution in [-0.2, 0) is 4.79 Å². The fourth-order valence-corrected chi connectivity index (χ4v) is 2.47. The number of fused-ring (bicyclic) bond motifs is 1. The Kier molecular flexibility index (Phi) is 5.70. The smallest absolute Gasteiger partial charge is 0.326 e. The predicted octanol–water partition coefficient (Wildman–Crippen LogP) is 3.11. The summed E-state index contributed by atoms with van der Waals surface area (Å²) >= 11 is 0. The summed E-state index contributed by atoms with van der Waals surface area (Å²) in [5, 5.41) is 22.1. The average molecular weight is 310 g/mol. The van der Waals surface area contributed by atoms with E-state index in [1.54, 1.807) is 12.1 Å². The number of hydrogen-bond acceptors (Lipinski definition) is 3. The van der Waals surface area contributed by atoms with Gasteiger partial charge in [-0.1, -0.05) is 36.4 Å². The number of nitrogens with zero attached hydrogens (tertiary/aromatic N) is 1. The van der Waals surface area contributed by atoms with Gasteiger partial charge in [0, 0.05) is 12.0 Å². The molecular weight excluding hydrogens is 292 g/mol. The van der Waals surface area contributed by atoms with Crippen molar-refractivity contribution in [1.29, 1.82) is 5.26 Å². The molecule has 0 aliphatic heterocycles. The molecule has 2 N–H and O–H groups in total. The van der Waals surface area contributed by atoms with Gasteiger partial charge in [0.1, 0.15) is 6.04 Å². The van der Waals surface area contributed by atoms with E-state index in [1.165, 1.54) is 0 Å². The van der Waals surface area contributed by atoms with Crippen LogP contribution in [0.25, 0.3) is 10.8 Å². The molecule has 5 nitrogen and oxygen atoms in total. The molecule has 0 aliphatic rings. The third-order valence-corrected chi connectivity index (χ3v) is 3.67. The van der Waals surface area contributed by atoms with Crippen molar-refractivity contribution in [1.82, 2.24) is 5.32 Å². The summed E-state index contributed by atoms with van der Waals surface area (Å²) in [4.78, 5) is 23.7. The number of carbonyl (C=O) groups is 2. The third kappa shape index (κ3) is 4.30. The van der Waals surface area contributed by atoms with Gasteiger partial charge in [-0.05, 0) is 36.1 Å². The van der Waals surface area contributed by atoms with Crippen molar-refractivity contribution in [2.75, 3.05) is 0 Å². The van der Waals surface area contributed by atoms with Gasteiger partial charge in [0.05, 0.1) is 6.07 Å². The zero-order valence-electron chi connectivity index (χ0n) is 12.7. The number of rotatable bonds is 7. The maximum Gasteiger partial charge on any atom is 0.326 e. The second-order valence-corrected chi connectivity index (χ2v) is 5.29. The fraction of sp³-hybridized carbons (Fsp3) is 0.278. The van der Waals surface area contributed by atoms with Crippen molar-refractivity contribution in [2.24, 2.45) is 0 Å². The molecule has 0 heterocycles. The van der Waals surface area contributed by atoms with Crippen molar-refractivity contribution < 1.29 is 14.7 Å². The van der Waals surface area contributed by atoms with Gasteiger partial charge in [-0.25, -0.2) is 4.79 Å². The summed E-state index contributed by atoms with van der Waals surface area (Å²) in [5.41, 5.74) is 0.464. The van der Waals surface area contributed by atoms with Crippen LogP contribution in [0.1, 0.15) is 36.0 Å². The Labute approximate surface area is 134 Å². The normalized spacial score (nSPS) is 11.6. The van der Waals surface area contributed by atoms with Gasteiger partial charge in [-0.15, -0.1) is 0 Å². The van der Waals surface area contributed by atoms with E-state index < -0.39 is 17.9 Å². The first-order valence-electron chi connectivity index (χ1n) is 7.52. The standard InChI is InChI=1S/C18H18N2O3/c19-12-5-1-2-11-16(18(22)23)20-17(21)15-10-6-8-13-7-3-4-9-14(13)15/h3-4,6-10,16H,1-2,5,11H2,(H,20,21)(H,22,23)/t16-/m1/s1. The summed E-state index contributed by atoms with van der Waals surface area (Å²) in [7, 11) is 0. The molecule has 2 aromatic rings. The quantitative estimate of drug-likeness (QED) is 0.769. The number of aliphatic carboxylic acids is 1. The van der Waals surface area contributed by atoms with Crippen LogP contribution in [0.4, 0.5) is 0 Å². The molecule has 5 heteroatoms. The van der Waals surface area contributed by atoms with Crippen LogP contribution in [0.15, 0.2) is 42.5 Å². The number of unbranched alkanes of at least 4 members (excludes halogenated alkanes) is 2.